The Bertz CT molecular complexity index is 1340. The van der Waals surface area contributed by atoms with Crippen molar-refractivity contribution in [3.8, 4) is 16.9 Å². The van der Waals surface area contributed by atoms with Crippen molar-refractivity contribution < 1.29 is 19.4 Å². The standard InChI is InChI=1S/C25H21BrO4.C9H14/c1-2-23(25(28)29)30-24-6-4-3-5-21(24)22(27)16-9-17-7-10-18(11-8-17)19-12-14-20(26)15-13-19;1-5-6-9(4)7-8(2)3/h3-16,23H,2H2,1H3,(H,28,29);5-7H,1H2,2-4H3/b16-9+;9-6-. The van der Waals surface area contributed by atoms with Crippen LogP contribution in [0.15, 0.2) is 119 Å². The number of benzene rings is 3. The zero-order chi connectivity index (χ0) is 28.8. The molecule has 0 aromatic heterocycles. The van der Waals surface area contributed by atoms with Crippen LogP contribution in [-0.4, -0.2) is 23.0 Å². The third-order valence-corrected chi connectivity index (χ3v) is 6.01. The molecule has 0 amide bonds. The van der Waals surface area contributed by atoms with Gasteiger partial charge in [-0.25, -0.2) is 4.79 Å². The highest BCUT2D eigenvalue weighted by atomic mass is 79.9. The van der Waals surface area contributed by atoms with E-state index in [2.05, 4.69) is 49.4 Å². The minimum atomic E-state index is -1.05. The lowest BCUT2D eigenvalue weighted by atomic mass is 10.0. The van der Waals surface area contributed by atoms with Crippen LogP contribution in [0.2, 0.25) is 0 Å². The number of halogens is 1. The Morgan fingerprint density at radius 1 is 0.949 bits per heavy atom. The number of hydrogen-bond acceptors (Lipinski definition) is 3. The highest BCUT2D eigenvalue weighted by Gasteiger charge is 2.19. The number of carboxylic acids is 1. The number of allylic oxidation sites excluding steroid dienone is 6. The molecule has 0 aliphatic heterocycles. The minimum Gasteiger partial charge on any atom is -0.479 e. The van der Waals surface area contributed by atoms with Gasteiger partial charge in [-0.05, 0) is 74.2 Å². The number of rotatable bonds is 10. The van der Waals surface area contributed by atoms with E-state index in [9.17, 15) is 14.7 Å². The van der Waals surface area contributed by atoms with Crippen molar-refractivity contribution in [1.82, 2.24) is 0 Å². The second-order valence-electron chi connectivity index (χ2n) is 9.04. The van der Waals surface area contributed by atoms with E-state index in [0.717, 1.165) is 21.2 Å². The maximum Gasteiger partial charge on any atom is 0.344 e. The number of ketones is 1. The van der Waals surface area contributed by atoms with Crippen LogP contribution in [-0.2, 0) is 4.79 Å². The molecule has 39 heavy (non-hydrogen) atoms. The van der Waals surface area contributed by atoms with Crippen LogP contribution in [0.25, 0.3) is 17.2 Å². The summed E-state index contributed by atoms with van der Waals surface area (Å²) in [6.45, 7) is 11.6. The molecule has 4 nitrogen and oxygen atoms in total. The van der Waals surface area contributed by atoms with Crippen molar-refractivity contribution in [2.45, 2.75) is 40.2 Å². The molecule has 0 aliphatic rings. The van der Waals surface area contributed by atoms with E-state index in [1.165, 1.54) is 17.2 Å². The normalized spacial score (nSPS) is 11.7. The van der Waals surface area contributed by atoms with Crippen LogP contribution >= 0.6 is 15.9 Å². The number of para-hydroxylation sites is 1. The molecule has 1 atom stereocenters. The number of aliphatic carboxylic acids is 1. The Hall–Kier alpha value is -3.96. The van der Waals surface area contributed by atoms with Gasteiger partial charge >= 0.3 is 5.97 Å². The fourth-order valence-corrected chi connectivity index (χ4v) is 3.88. The van der Waals surface area contributed by atoms with Gasteiger partial charge in [0.2, 0.25) is 0 Å². The average Bonchev–Trinajstić information content (AvgIpc) is 2.91. The summed E-state index contributed by atoms with van der Waals surface area (Å²) in [5.74, 6) is -1.03. The maximum atomic E-state index is 12.7. The Kier molecular flexibility index (Phi) is 12.9. The summed E-state index contributed by atoms with van der Waals surface area (Å²) in [6, 6.07) is 22.6. The molecule has 3 rings (SSSR count). The second kappa shape index (κ2) is 16.1. The van der Waals surface area contributed by atoms with Crippen molar-refractivity contribution in [2.24, 2.45) is 0 Å². The first kappa shape index (κ1) is 31.3. The molecular weight excluding hydrogens is 552 g/mol. The first-order valence-corrected chi connectivity index (χ1v) is 13.4. The molecular formula is C34H35BrO4. The fraction of sp³-hybridized carbons (Fsp3) is 0.176. The third-order valence-electron chi connectivity index (χ3n) is 5.48. The molecule has 0 radical (unpaired) electrons. The van der Waals surface area contributed by atoms with Gasteiger partial charge < -0.3 is 9.84 Å². The van der Waals surface area contributed by atoms with Gasteiger partial charge in [-0.15, -0.1) is 0 Å². The maximum absolute atomic E-state index is 12.7. The number of carbonyl (C=O) groups is 2. The molecule has 1 N–H and O–H groups in total. The van der Waals surface area contributed by atoms with E-state index in [0.29, 0.717) is 12.0 Å². The van der Waals surface area contributed by atoms with Crippen LogP contribution in [0.4, 0.5) is 0 Å². The molecule has 0 spiro atoms. The topological polar surface area (TPSA) is 63.6 Å². The molecule has 0 saturated heterocycles. The lowest BCUT2D eigenvalue weighted by molar-refractivity contribution is -0.145. The van der Waals surface area contributed by atoms with Crippen molar-refractivity contribution in [3.05, 3.63) is 130 Å². The zero-order valence-corrected chi connectivity index (χ0v) is 24.4. The van der Waals surface area contributed by atoms with E-state index in [1.54, 1.807) is 43.3 Å². The highest BCUT2D eigenvalue weighted by molar-refractivity contribution is 9.10. The van der Waals surface area contributed by atoms with Gasteiger partial charge in [-0.3, -0.25) is 4.79 Å². The molecule has 3 aromatic carbocycles. The molecule has 202 valence electrons. The van der Waals surface area contributed by atoms with Gasteiger partial charge in [0.05, 0.1) is 5.56 Å². The molecule has 0 bridgehead atoms. The van der Waals surface area contributed by atoms with Gasteiger partial charge in [0.1, 0.15) is 5.75 Å². The summed E-state index contributed by atoms with van der Waals surface area (Å²) >= 11 is 3.43. The highest BCUT2D eigenvalue weighted by Crippen LogP contribution is 2.24. The third kappa shape index (κ3) is 10.7. The predicted octanol–water partition coefficient (Wildman–Crippen LogP) is 9.34. The van der Waals surface area contributed by atoms with Gasteiger partial charge in [-0.1, -0.05) is 113 Å². The summed E-state index contributed by atoms with van der Waals surface area (Å²) in [6.07, 6.45) is 8.44. The van der Waals surface area contributed by atoms with Gasteiger partial charge in [0.15, 0.2) is 11.9 Å². The lowest BCUT2D eigenvalue weighted by Gasteiger charge is -2.15. The molecule has 5 heteroatoms. The van der Waals surface area contributed by atoms with E-state index < -0.39 is 12.1 Å². The largest absolute Gasteiger partial charge is 0.479 e. The summed E-state index contributed by atoms with van der Waals surface area (Å²) in [7, 11) is 0. The lowest BCUT2D eigenvalue weighted by Crippen LogP contribution is -2.26. The van der Waals surface area contributed by atoms with E-state index >= 15 is 0 Å². The van der Waals surface area contributed by atoms with Crippen LogP contribution in [0.3, 0.4) is 0 Å². The Morgan fingerprint density at radius 2 is 1.54 bits per heavy atom. The summed E-state index contributed by atoms with van der Waals surface area (Å²) in [5, 5.41) is 9.21. The van der Waals surface area contributed by atoms with Crippen LogP contribution in [0.1, 0.15) is 50.0 Å². The van der Waals surface area contributed by atoms with Crippen molar-refractivity contribution >= 4 is 33.8 Å². The molecule has 0 saturated carbocycles. The second-order valence-corrected chi connectivity index (χ2v) is 9.96. The number of ether oxygens (including phenoxy) is 1. The van der Waals surface area contributed by atoms with Gasteiger partial charge in [0.25, 0.3) is 0 Å². The van der Waals surface area contributed by atoms with Crippen molar-refractivity contribution in [3.63, 3.8) is 0 Å². The number of hydrogen-bond donors (Lipinski definition) is 1. The van der Waals surface area contributed by atoms with E-state index in [1.807, 2.05) is 54.6 Å². The Balaban J connectivity index is 0.000000510. The smallest absolute Gasteiger partial charge is 0.344 e. The number of carboxylic acid groups (broad SMARTS) is 1. The quantitative estimate of drug-likeness (QED) is 0.146. The zero-order valence-electron chi connectivity index (χ0n) is 22.9. The summed E-state index contributed by atoms with van der Waals surface area (Å²) in [5.41, 5.74) is 6.00. The Morgan fingerprint density at radius 3 is 2.08 bits per heavy atom. The summed E-state index contributed by atoms with van der Waals surface area (Å²) in [4.78, 5) is 23.9. The Labute approximate surface area is 240 Å². The van der Waals surface area contributed by atoms with Crippen molar-refractivity contribution in [1.29, 1.82) is 0 Å². The molecule has 1 unspecified atom stereocenters. The fourth-order valence-electron chi connectivity index (χ4n) is 3.61. The molecule has 3 aromatic rings. The SMILES string of the molecule is C=C/C=C(/C)C=C(C)C.CCC(Oc1ccccc1C(=O)/C=C/c1ccc(-c2ccc(Br)cc2)cc1)C(=O)O. The number of carbonyl (C=O) groups excluding carboxylic acids is 1. The van der Waals surface area contributed by atoms with Crippen molar-refractivity contribution in [2.75, 3.05) is 0 Å². The molecule has 0 fully saturated rings. The molecule has 0 heterocycles. The first-order valence-electron chi connectivity index (χ1n) is 12.7. The summed E-state index contributed by atoms with van der Waals surface area (Å²) < 4.78 is 6.57. The molecule has 0 aliphatic carbocycles. The van der Waals surface area contributed by atoms with Crippen LogP contribution < -0.4 is 4.74 Å². The van der Waals surface area contributed by atoms with Crippen LogP contribution in [0, 0.1) is 0 Å². The van der Waals surface area contributed by atoms with E-state index in [-0.39, 0.29) is 11.5 Å². The van der Waals surface area contributed by atoms with Gasteiger partial charge in [-0.2, -0.15) is 0 Å². The van der Waals surface area contributed by atoms with Crippen LogP contribution in [0.5, 0.6) is 5.75 Å². The predicted molar refractivity (Wildman–Crippen MR) is 165 cm³/mol. The average molecular weight is 588 g/mol. The monoisotopic (exact) mass is 586 g/mol. The van der Waals surface area contributed by atoms with E-state index in [4.69, 9.17) is 4.74 Å². The van der Waals surface area contributed by atoms with Gasteiger partial charge in [0, 0.05) is 4.47 Å². The first-order chi connectivity index (χ1) is 18.6. The minimum absolute atomic E-state index is 0.247.